The van der Waals surface area contributed by atoms with Gasteiger partial charge in [-0.1, -0.05) is 24.3 Å². The number of allylic oxidation sites excluding steroid dienone is 1. The van der Waals surface area contributed by atoms with Crippen molar-refractivity contribution in [1.82, 2.24) is 15.5 Å². The molecule has 1 aromatic heterocycles. The Labute approximate surface area is 205 Å². The topological polar surface area (TPSA) is 89.4 Å². The lowest BCUT2D eigenvalue weighted by molar-refractivity contribution is -0.274. The number of hydrogen-bond acceptors (Lipinski definition) is 6. The monoisotopic (exact) mass is 492 g/mol. The van der Waals surface area contributed by atoms with Gasteiger partial charge in [0.15, 0.2) is 0 Å². The largest absolute Gasteiger partial charge is 0.573 e. The second kappa shape index (κ2) is 10.3. The number of alkyl halides is 3. The highest BCUT2D eigenvalue weighted by Gasteiger charge is 2.32. The van der Waals surface area contributed by atoms with Crippen molar-refractivity contribution in [3.8, 4) is 5.75 Å². The van der Waals surface area contributed by atoms with E-state index in [-0.39, 0.29) is 12.3 Å². The molecule has 4 aromatic rings. The zero-order valence-corrected chi connectivity index (χ0v) is 19.3. The normalized spacial score (nSPS) is 11.8. The Bertz CT molecular complexity index is 1430. The number of aromatic nitrogens is 2. The molecule has 0 amide bonds. The second-order valence-corrected chi connectivity index (χ2v) is 7.82. The highest BCUT2D eigenvalue weighted by atomic mass is 19.4. The van der Waals surface area contributed by atoms with Crippen LogP contribution in [0.15, 0.2) is 77.9 Å². The molecule has 0 radical (unpaired) electrons. The number of nitrogens with one attached hydrogen (secondary N) is 3. The number of hydrogen-bond donors (Lipinski definition) is 3. The Morgan fingerprint density at radius 1 is 1.19 bits per heavy atom. The molecule has 0 atom stereocenters. The Morgan fingerprint density at radius 2 is 2.00 bits per heavy atom. The lowest BCUT2D eigenvalue weighted by atomic mass is 10.1. The molecule has 7 nitrogen and oxygen atoms in total. The molecule has 0 fully saturated rings. The first kappa shape index (κ1) is 24.5. The van der Waals surface area contributed by atoms with Gasteiger partial charge < -0.3 is 20.4 Å². The van der Waals surface area contributed by atoms with Crippen molar-refractivity contribution in [3.05, 3.63) is 84.1 Å². The number of benzene rings is 3. The van der Waals surface area contributed by atoms with Crippen LogP contribution in [0.2, 0.25) is 0 Å². The first-order valence-corrected chi connectivity index (χ1v) is 10.9. The summed E-state index contributed by atoms with van der Waals surface area (Å²) < 4.78 is 42.5. The van der Waals surface area contributed by atoms with Gasteiger partial charge in [-0.3, -0.25) is 10.1 Å². The number of nitrogens with zero attached hydrogens (tertiary/aromatic N) is 3. The van der Waals surface area contributed by atoms with Crippen LogP contribution >= 0.6 is 0 Å². The molecule has 0 saturated heterocycles. The Hall–Kier alpha value is -4.60. The smallest absolute Gasteiger partial charge is 0.405 e. The van der Waals surface area contributed by atoms with E-state index in [4.69, 9.17) is 5.41 Å². The predicted molar refractivity (Wildman–Crippen MR) is 137 cm³/mol. The summed E-state index contributed by atoms with van der Waals surface area (Å²) in [4.78, 5) is 6.08. The van der Waals surface area contributed by atoms with Crippen molar-refractivity contribution in [1.29, 1.82) is 5.41 Å². The van der Waals surface area contributed by atoms with E-state index in [2.05, 4.69) is 32.0 Å². The number of ether oxygens (including phenoxy) is 1. The minimum absolute atomic E-state index is 0.0506. The molecule has 0 unspecified atom stereocenters. The van der Waals surface area contributed by atoms with Gasteiger partial charge in [0.25, 0.3) is 0 Å². The van der Waals surface area contributed by atoms with Gasteiger partial charge in [-0.15, -0.1) is 13.2 Å². The highest BCUT2D eigenvalue weighted by molar-refractivity contribution is 5.87. The van der Waals surface area contributed by atoms with Crippen LogP contribution in [-0.4, -0.2) is 36.5 Å². The molecule has 0 aliphatic carbocycles. The third kappa shape index (κ3) is 5.54. The zero-order valence-electron chi connectivity index (χ0n) is 19.3. The molecule has 36 heavy (non-hydrogen) atoms. The molecule has 3 aromatic carbocycles. The van der Waals surface area contributed by atoms with Crippen LogP contribution in [0.3, 0.4) is 0 Å². The van der Waals surface area contributed by atoms with Gasteiger partial charge >= 0.3 is 6.36 Å². The fourth-order valence-corrected chi connectivity index (χ4v) is 3.77. The molecular weight excluding hydrogens is 469 g/mol. The zero-order chi connectivity index (χ0) is 25.7. The summed E-state index contributed by atoms with van der Waals surface area (Å²) >= 11 is 0. The SMILES string of the molecule is C=Nc1ccc(/C(=C/C=N)NCc2ccccc2OC(F)(F)F)cc1N(C)c1ccc2cn[nH]c2c1. The van der Waals surface area contributed by atoms with Gasteiger partial charge in [0, 0.05) is 42.1 Å². The molecule has 0 spiro atoms. The van der Waals surface area contributed by atoms with E-state index in [0.29, 0.717) is 22.5 Å². The summed E-state index contributed by atoms with van der Waals surface area (Å²) in [7, 11) is 1.89. The Kier molecular flexibility index (Phi) is 7.05. The van der Waals surface area contributed by atoms with E-state index in [1.807, 2.05) is 36.2 Å². The number of aromatic amines is 1. The van der Waals surface area contributed by atoms with Crippen molar-refractivity contribution in [3.63, 3.8) is 0 Å². The number of fused-ring (bicyclic) bond motifs is 1. The highest BCUT2D eigenvalue weighted by Crippen LogP contribution is 2.36. The number of H-pyrrole nitrogens is 1. The minimum atomic E-state index is -4.80. The second-order valence-electron chi connectivity index (χ2n) is 7.82. The van der Waals surface area contributed by atoms with Crippen LogP contribution in [0.1, 0.15) is 11.1 Å². The van der Waals surface area contributed by atoms with Gasteiger partial charge in [-0.2, -0.15) is 5.10 Å². The molecule has 3 N–H and O–H groups in total. The van der Waals surface area contributed by atoms with E-state index >= 15 is 0 Å². The molecule has 4 rings (SSSR count). The maximum absolute atomic E-state index is 12.8. The summed E-state index contributed by atoms with van der Waals surface area (Å²) in [5.41, 5.74) is 4.74. The maximum atomic E-state index is 12.8. The van der Waals surface area contributed by atoms with Crippen LogP contribution in [-0.2, 0) is 6.54 Å². The molecule has 1 heterocycles. The van der Waals surface area contributed by atoms with Gasteiger partial charge in [0.05, 0.1) is 23.1 Å². The summed E-state index contributed by atoms with van der Waals surface area (Å²) in [5, 5.41) is 18.7. The van der Waals surface area contributed by atoms with Crippen molar-refractivity contribution in [2.75, 3.05) is 11.9 Å². The van der Waals surface area contributed by atoms with E-state index in [1.165, 1.54) is 18.2 Å². The minimum Gasteiger partial charge on any atom is -0.405 e. The molecule has 10 heteroatoms. The summed E-state index contributed by atoms with van der Waals surface area (Å²) in [6, 6.07) is 17.3. The summed E-state index contributed by atoms with van der Waals surface area (Å²) in [6.45, 7) is 3.72. The van der Waals surface area contributed by atoms with Crippen LogP contribution < -0.4 is 15.0 Å². The third-order valence-electron chi connectivity index (χ3n) is 5.55. The first-order chi connectivity index (χ1) is 17.3. The first-order valence-electron chi connectivity index (χ1n) is 10.9. The van der Waals surface area contributed by atoms with E-state index in [0.717, 1.165) is 28.5 Å². The fraction of sp³-hybridized carbons (Fsp3) is 0.115. The van der Waals surface area contributed by atoms with Crippen molar-refractivity contribution >= 4 is 46.6 Å². The number of aliphatic imine (C=N–C) groups is 1. The standard InChI is InChI=1S/C26H23F3N6O/c1-31-22-10-8-17(13-24(22)35(2)20-9-7-18-16-33-34-23(18)14-20)21(11-12-30)32-15-19-5-3-4-6-25(19)36-26(27,28)29/h3-14,16,30,32H,1,15H2,2H3,(H,33,34)/b21-11-,30-12?. The average molecular weight is 493 g/mol. The molecular formula is C26H23F3N6O. The number of halogens is 3. The van der Waals surface area contributed by atoms with Gasteiger partial charge in [-0.05, 0) is 54.8 Å². The van der Waals surface area contributed by atoms with Crippen molar-refractivity contribution in [2.24, 2.45) is 4.99 Å². The average Bonchev–Trinajstić information content (AvgIpc) is 3.33. The summed E-state index contributed by atoms with van der Waals surface area (Å²) in [5.74, 6) is -0.285. The number of rotatable bonds is 9. The van der Waals surface area contributed by atoms with Crippen LogP contribution in [0.5, 0.6) is 5.75 Å². The predicted octanol–water partition coefficient (Wildman–Crippen LogP) is 6.34. The van der Waals surface area contributed by atoms with Crippen molar-refractivity contribution < 1.29 is 17.9 Å². The van der Waals surface area contributed by atoms with Crippen LogP contribution in [0.4, 0.5) is 30.2 Å². The fourth-order valence-electron chi connectivity index (χ4n) is 3.77. The molecule has 0 aliphatic heterocycles. The van der Waals surface area contributed by atoms with Crippen LogP contribution in [0, 0.1) is 5.41 Å². The molecule has 0 aliphatic rings. The molecule has 184 valence electrons. The van der Waals surface area contributed by atoms with Crippen LogP contribution in [0.25, 0.3) is 16.6 Å². The molecule has 0 bridgehead atoms. The molecule has 0 saturated carbocycles. The van der Waals surface area contributed by atoms with Crippen molar-refractivity contribution in [2.45, 2.75) is 12.9 Å². The third-order valence-corrected chi connectivity index (χ3v) is 5.55. The van der Waals surface area contributed by atoms with E-state index in [9.17, 15) is 13.2 Å². The van der Waals surface area contributed by atoms with Gasteiger partial charge in [0.2, 0.25) is 0 Å². The number of anilines is 2. The lowest BCUT2D eigenvalue weighted by Gasteiger charge is -2.23. The van der Waals surface area contributed by atoms with Gasteiger partial charge in [0.1, 0.15) is 5.75 Å². The van der Waals surface area contributed by atoms with Gasteiger partial charge in [-0.25, -0.2) is 0 Å². The maximum Gasteiger partial charge on any atom is 0.573 e. The van der Waals surface area contributed by atoms with E-state index < -0.39 is 6.36 Å². The Morgan fingerprint density at radius 3 is 2.75 bits per heavy atom. The summed E-state index contributed by atoms with van der Waals surface area (Å²) in [6.07, 6.45) is -0.413. The lowest BCUT2D eigenvalue weighted by Crippen LogP contribution is -2.20. The Balaban J connectivity index is 1.63. The quantitative estimate of drug-likeness (QED) is 0.238. The number of para-hydroxylation sites is 1. The van der Waals surface area contributed by atoms with E-state index in [1.54, 1.807) is 30.5 Å².